The molecule has 0 unspecified atom stereocenters. The lowest BCUT2D eigenvalue weighted by atomic mass is 9.97. The summed E-state index contributed by atoms with van der Waals surface area (Å²) in [5.41, 5.74) is -0.475. The maximum Gasteiger partial charge on any atom is 0.330 e. The van der Waals surface area contributed by atoms with Gasteiger partial charge < -0.3 is 9.47 Å². The third-order valence-electron chi connectivity index (χ3n) is 2.04. The Labute approximate surface area is 107 Å². The van der Waals surface area contributed by atoms with Crippen LogP contribution in [0.25, 0.3) is 0 Å². The molecule has 0 aromatic heterocycles. The second-order valence-electron chi connectivity index (χ2n) is 4.15. The van der Waals surface area contributed by atoms with Crippen LogP contribution in [0.5, 0.6) is 0 Å². The van der Waals surface area contributed by atoms with Crippen LogP contribution in [0.1, 0.15) is 20.3 Å². The normalized spacial score (nSPS) is 10.8. The van der Waals surface area contributed by atoms with Gasteiger partial charge in [0, 0.05) is 11.8 Å². The first-order chi connectivity index (χ1) is 7.94. The van der Waals surface area contributed by atoms with Crippen molar-refractivity contribution in [2.24, 2.45) is 5.41 Å². The van der Waals surface area contributed by atoms with Crippen LogP contribution in [-0.4, -0.2) is 37.2 Å². The van der Waals surface area contributed by atoms with E-state index in [4.69, 9.17) is 9.47 Å². The number of carbonyl (C=O) groups excluding carboxylic acids is 2. The Balaban J connectivity index is 3.61. The Morgan fingerprint density at radius 2 is 2.06 bits per heavy atom. The van der Waals surface area contributed by atoms with Gasteiger partial charge in [0.1, 0.15) is 0 Å². The summed E-state index contributed by atoms with van der Waals surface area (Å²) in [5.74, 6) is 0.924. The van der Waals surface area contributed by atoms with Crippen molar-refractivity contribution in [1.82, 2.24) is 0 Å². The van der Waals surface area contributed by atoms with Gasteiger partial charge in [0.05, 0.1) is 19.1 Å². The van der Waals surface area contributed by atoms with Crippen molar-refractivity contribution in [3.8, 4) is 0 Å². The average Bonchev–Trinajstić information content (AvgIpc) is 2.31. The predicted molar refractivity (Wildman–Crippen MR) is 68.9 cm³/mol. The molecule has 98 valence electrons. The van der Waals surface area contributed by atoms with Gasteiger partial charge in [0.15, 0.2) is 0 Å². The number of hydrogen-bond donors (Lipinski definition) is 0. The van der Waals surface area contributed by atoms with Crippen molar-refractivity contribution in [1.29, 1.82) is 0 Å². The highest BCUT2D eigenvalue weighted by Gasteiger charge is 2.28. The number of esters is 2. The van der Waals surface area contributed by atoms with Crippen molar-refractivity contribution < 1.29 is 19.1 Å². The van der Waals surface area contributed by atoms with Gasteiger partial charge in [0.2, 0.25) is 0 Å². The maximum absolute atomic E-state index is 11.4. The highest BCUT2D eigenvalue weighted by molar-refractivity contribution is 7.99. The van der Waals surface area contributed by atoms with E-state index < -0.39 is 11.4 Å². The molecule has 0 saturated carbocycles. The second-order valence-corrected chi connectivity index (χ2v) is 5.26. The highest BCUT2D eigenvalue weighted by Crippen LogP contribution is 2.23. The molecule has 0 saturated heterocycles. The van der Waals surface area contributed by atoms with Crippen LogP contribution in [0, 0.1) is 5.41 Å². The zero-order chi connectivity index (χ0) is 13.3. The van der Waals surface area contributed by atoms with E-state index >= 15 is 0 Å². The molecular weight excluding hydrogens is 240 g/mol. The number of hydrogen-bond acceptors (Lipinski definition) is 5. The molecule has 0 aliphatic rings. The lowest BCUT2D eigenvalue weighted by Crippen LogP contribution is -2.28. The van der Waals surface area contributed by atoms with E-state index in [1.165, 1.54) is 7.11 Å². The summed E-state index contributed by atoms with van der Waals surface area (Å²) < 4.78 is 9.54. The summed E-state index contributed by atoms with van der Waals surface area (Å²) >= 11 is 1.65. The molecule has 0 aliphatic carbocycles. The van der Waals surface area contributed by atoms with Crippen molar-refractivity contribution >= 4 is 23.7 Å². The van der Waals surface area contributed by atoms with E-state index in [0.29, 0.717) is 12.4 Å². The summed E-state index contributed by atoms with van der Waals surface area (Å²) in [6, 6.07) is 0. The first kappa shape index (κ1) is 16.0. The summed E-state index contributed by atoms with van der Waals surface area (Å²) in [4.78, 5) is 22.1. The zero-order valence-corrected chi connectivity index (χ0v) is 11.5. The Kier molecular flexibility index (Phi) is 7.70. The molecule has 4 nitrogen and oxygen atoms in total. The molecule has 0 N–H and O–H groups in total. The van der Waals surface area contributed by atoms with Gasteiger partial charge in [-0.1, -0.05) is 6.58 Å². The van der Waals surface area contributed by atoms with E-state index in [1.807, 2.05) is 13.8 Å². The molecule has 0 amide bonds. The van der Waals surface area contributed by atoms with Crippen molar-refractivity contribution in [2.75, 3.05) is 25.2 Å². The van der Waals surface area contributed by atoms with E-state index in [9.17, 15) is 9.59 Å². The highest BCUT2D eigenvalue weighted by atomic mass is 32.2. The van der Waals surface area contributed by atoms with Gasteiger partial charge in [-0.3, -0.25) is 4.79 Å². The molecule has 0 atom stereocenters. The largest absolute Gasteiger partial charge is 0.469 e. The van der Waals surface area contributed by atoms with Crippen molar-refractivity contribution in [3.05, 3.63) is 12.7 Å². The number of carbonyl (C=O) groups is 2. The lowest BCUT2D eigenvalue weighted by Gasteiger charge is -2.20. The van der Waals surface area contributed by atoms with E-state index in [1.54, 1.807) is 11.8 Å². The summed E-state index contributed by atoms with van der Waals surface area (Å²) in [7, 11) is 1.39. The summed E-state index contributed by atoms with van der Waals surface area (Å²) in [6.45, 7) is 7.39. The van der Waals surface area contributed by atoms with Gasteiger partial charge in [-0.15, -0.1) is 0 Å². The number of thioether (sulfide) groups is 1. The minimum atomic E-state index is -0.475. The third kappa shape index (κ3) is 7.05. The van der Waals surface area contributed by atoms with Gasteiger partial charge >= 0.3 is 11.9 Å². The Morgan fingerprint density at radius 1 is 1.41 bits per heavy atom. The van der Waals surface area contributed by atoms with E-state index in [0.717, 1.165) is 18.2 Å². The predicted octanol–water partition coefficient (Wildman–Crippen LogP) is 2.04. The van der Waals surface area contributed by atoms with Crippen LogP contribution in [0.15, 0.2) is 12.7 Å². The molecular formula is C12H20O4S. The van der Waals surface area contributed by atoms with Crippen LogP contribution in [-0.2, 0) is 19.1 Å². The van der Waals surface area contributed by atoms with Crippen LogP contribution < -0.4 is 0 Å². The molecule has 0 rings (SSSR count). The number of ether oxygens (including phenoxy) is 2. The molecule has 17 heavy (non-hydrogen) atoms. The first-order valence-corrected chi connectivity index (χ1v) is 6.55. The van der Waals surface area contributed by atoms with Crippen LogP contribution >= 0.6 is 11.8 Å². The third-order valence-corrected chi connectivity index (χ3v) is 3.55. The summed E-state index contributed by atoms with van der Waals surface area (Å²) in [5, 5.41) is 0. The second kappa shape index (κ2) is 8.17. The minimum Gasteiger partial charge on any atom is -0.469 e. The average molecular weight is 260 g/mol. The molecule has 0 aromatic rings. The molecule has 0 radical (unpaired) electrons. The fraction of sp³-hybridized carbons (Fsp3) is 0.667. The molecule has 0 heterocycles. The van der Waals surface area contributed by atoms with Gasteiger partial charge in [-0.05, 0) is 26.0 Å². The van der Waals surface area contributed by atoms with E-state index in [2.05, 4.69) is 6.58 Å². The molecule has 0 aliphatic heterocycles. The molecule has 5 heteroatoms. The van der Waals surface area contributed by atoms with Crippen molar-refractivity contribution in [2.45, 2.75) is 20.3 Å². The number of methoxy groups -OCH3 is 1. The minimum absolute atomic E-state index is 0.205. The molecule has 0 aromatic carbocycles. The van der Waals surface area contributed by atoms with Crippen molar-refractivity contribution in [3.63, 3.8) is 0 Å². The summed E-state index contributed by atoms with van der Waals surface area (Å²) in [6.07, 6.45) is 1.91. The molecule has 0 bridgehead atoms. The SMILES string of the molecule is C=CC(=O)OCCCSCC(C)(C)C(=O)OC. The maximum atomic E-state index is 11.4. The molecule has 0 spiro atoms. The fourth-order valence-electron chi connectivity index (χ4n) is 1.06. The monoisotopic (exact) mass is 260 g/mol. The van der Waals surface area contributed by atoms with Crippen LogP contribution in [0.3, 0.4) is 0 Å². The van der Waals surface area contributed by atoms with Gasteiger partial charge in [0.25, 0.3) is 0 Å². The first-order valence-electron chi connectivity index (χ1n) is 5.39. The smallest absolute Gasteiger partial charge is 0.330 e. The van der Waals surface area contributed by atoms with Gasteiger partial charge in [-0.2, -0.15) is 11.8 Å². The Morgan fingerprint density at radius 3 is 2.59 bits per heavy atom. The fourth-order valence-corrected chi connectivity index (χ4v) is 2.15. The molecule has 0 fully saturated rings. The van der Waals surface area contributed by atoms with Crippen LogP contribution in [0.2, 0.25) is 0 Å². The Hall–Kier alpha value is -0.970. The Bertz CT molecular complexity index is 274. The quantitative estimate of drug-likeness (QED) is 0.380. The topological polar surface area (TPSA) is 52.6 Å². The standard InChI is InChI=1S/C12H20O4S/c1-5-10(13)16-7-6-8-17-9-12(2,3)11(14)15-4/h5H,1,6-9H2,2-4H3. The van der Waals surface area contributed by atoms with E-state index in [-0.39, 0.29) is 5.97 Å². The lowest BCUT2D eigenvalue weighted by molar-refractivity contribution is -0.149. The number of rotatable bonds is 8. The zero-order valence-electron chi connectivity index (χ0n) is 10.7. The van der Waals surface area contributed by atoms with Gasteiger partial charge in [-0.25, -0.2) is 4.79 Å². The van der Waals surface area contributed by atoms with Crippen LogP contribution in [0.4, 0.5) is 0 Å².